The zero-order valence-corrected chi connectivity index (χ0v) is 12.5. The summed E-state index contributed by atoms with van der Waals surface area (Å²) in [4.78, 5) is 17.1. The van der Waals surface area contributed by atoms with Gasteiger partial charge in [0.2, 0.25) is 5.91 Å². The molecule has 114 valence electrons. The minimum atomic E-state index is -0.957. The summed E-state index contributed by atoms with van der Waals surface area (Å²) >= 11 is 1.56. The highest BCUT2D eigenvalue weighted by atomic mass is 32.1. The Bertz CT molecular complexity index is 814. The highest BCUT2D eigenvalue weighted by Crippen LogP contribution is 2.19. The van der Waals surface area contributed by atoms with Crippen LogP contribution < -0.4 is 5.32 Å². The van der Waals surface area contributed by atoms with E-state index in [4.69, 9.17) is 0 Å². The van der Waals surface area contributed by atoms with Gasteiger partial charge in [-0.3, -0.25) is 4.79 Å². The second-order valence-electron chi connectivity index (χ2n) is 4.93. The van der Waals surface area contributed by atoms with Gasteiger partial charge in [0, 0.05) is 17.0 Å². The van der Waals surface area contributed by atoms with Crippen molar-refractivity contribution in [1.82, 2.24) is 14.9 Å². The van der Waals surface area contributed by atoms with Crippen LogP contribution in [-0.4, -0.2) is 15.5 Å². The fourth-order valence-corrected chi connectivity index (χ4v) is 2.96. The Balaban J connectivity index is 1.75. The van der Waals surface area contributed by atoms with E-state index in [1.54, 1.807) is 11.3 Å². The Kier molecular flexibility index (Phi) is 3.89. The van der Waals surface area contributed by atoms with Gasteiger partial charge in [-0.1, -0.05) is 6.07 Å². The third-order valence-corrected chi connectivity index (χ3v) is 4.38. The van der Waals surface area contributed by atoms with Crippen molar-refractivity contribution in [3.05, 3.63) is 52.5 Å². The first-order valence-corrected chi connectivity index (χ1v) is 7.55. The standard InChI is InChI=1S/C15H13F2N3OS/c1-9(14-3-2-4-22-14)19-15(21)7-20-8-18-12-5-10(16)11(17)6-13(12)20/h2-6,8-9H,7H2,1H3,(H,19,21). The average molecular weight is 321 g/mol. The number of thiophene rings is 1. The maximum Gasteiger partial charge on any atom is 0.240 e. The lowest BCUT2D eigenvalue weighted by atomic mass is 10.2. The number of nitrogens with one attached hydrogen (secondary N) is 1. The maximum absolute atomic E-state index is 13.3. The summed E-state index contributed by atoms with van der Waals surface area (Å²) in [6.45, 7) is 1.89. The molecule has 1 atom stereocenters. The average Bonchev–Trinajstić information content (AvgIpc) is 3.11. The fourth-order valence-electron chi connectivity index (χ4n) is 2.23. The number of fused-ring (bicyclic) bond motifs is 1. The third-order valence-electron chi connectivity index (χ3n) is 3.32. The molecule has 7 heteroatoms. The van der Waals surface area contributed by atoms with Crippen LogP contribution in [0.15, 0.2) is 36.0 Å². The Labute approximate surface area is 129 Å². The Morgan fingerprint density at radius 1 is 1.41 bits per heavy atom. The number of hydrogen-bond donors (Lipinski definition) is 1. The zero-order valence-electron chi connectivity index (χ0n) is 11.7. The van der Waals surface area contributed by atoms with Crippen molar-refractivity contribution in [1.29, 1.82) is 0 Å². The van der Waals surface area contributed by atoms with Crippen LogP contribution >= 0.6 is 11.3 Å². The van der Waals surface area contributed by atoms with Crippen LogP contribution in [0.4, 0.5) is 8.78 Å². The summed E-state index contributed by atoms with van der Waals surface area (Å²) in [6, 6.07) is 5.83. The van der Waals surface area contributed by atoms with E-state index in [9.17, 15) is 13.6 Å². The third kappa shape index (κ3) is 2.85. The molecule has 1 aromatic carbocycles. The SMILES string of the molecule is CC(NC(=O)Cn1cnc2cc(F)c(F)cc21)c1cccs1. The van der Waals surface area contributed by atoms with E-state index >= 15 is 0 Å². The first-order valence-electron chi connectivity index (χ1n) is 6.67. The molecule has 3 aromatic rings. The number of rotatable bonds is 4. The van der Waals surface area contributed by atoms with Crippen molar-refractivity contribution in [2.45, 2.75) is 19.5 Å². The highest BCUT2D eigenvalue weighted by molar-refractivity contribution is 7.10. The molecule has 2 aromatic heterocycles. The molecule has 2 heterocycles. The van der Waals surface area contributed by atoms with Crippen molar-refractivity contribution in [2.75, 3.05) is 0 Å². The van der Waals surface area contributed by atoms with Crippen molar-refractivity contribution in [3.63, 3.8) is 0 Å². The number of nitrogens with zero attached hydrogens (tertiary/aromatic N) is 2. The summed E-state index contributed by atoms with van der Waals surface area (Å²) in [5.41, 5.74) is 0.704. The van der Waals surface area contributed by atoms with E-state index in [2.05, 4.69) is 10.3 Å². The van der Waals surface area contributed by atoms with Gasteiger partial charge in [-0.15, -0.1) is 11.3 Å². The second kappa shape index (κ2) is 5.84. The number of carbonyl (C=O) groups excluding carboxylic acids is 1. The van der Waals surface area contributed by atoms with Crippen molar-refractivity contribution in [2.24, 2.45) is 0 Å². The molecule has 0 aliphatic carbocycles. The minimum absolute atomic E-state index is 0.00269. The van der Waals surface area contributed by atoms with Crippen LogP contribution in [0.25, 0.3) is 11.0 Å². The molecule has 1 N–H and O–H groups in total. The van der Waals surface area contributed by atoms with Crippen LogP contribution in [0.2, 0.25) is 0 Å². The predicted octanol–water partition coefficient (Wildman–Crippen LogP) is 3.25. The number of hydrogen-bond acceptors (Lipinski definition) is 3. The molecule has 1 unspecified atom stereocenters. The van der Waals surface area contributed by atoms with Gasteiger partial charge < -0.3 is 9.88 Å². The normalized spacial score (nSPS) is 12.5. The van der Waals surface area contributed by atoms with Gasteiger partial charge in [0.05, 0.1) is 23.4 Å². The molecule has 3 rings (SSSR count). The van der Waals surface area contributed by atoms with E-state index in [-0.39, 0.29) is 18.5 Å². The summed E-state index contributed by atoms with van der Waals surface area (Å²) in [7, 11) is 0. The van der Waals surface area contributed by atoms with Gasteiger partial charge in [0.15, 0.2) is 11.6 Å². The highest BCUT2D eigenvalue weighted by Gasteiger charge is 2.14. The zero-order chi connectivity index (χ0) is 15.7. The molecular formula is C15H13F2N3OS. The quantitative estimate of drug-likeness (QED) is 0.802. The monoisotopic (exact) mass is 321 g/mol. The first kappa shape index (κ1) is 14.6. The van der Waals surface area contributed by atoms with Gasteiger partial charge in [-0.05, 0) is 18.4 Å². The largest absolute Gasteiger partial charge is 0.347 e. The van der Waals surface area contributed by atoms with Crippen LogP contribution in [0, 0.1) is 11.6 Å². The smallest absolute Gasteiger partial charge is 0.240 e. The van der Waals surface area contributed by atoms with E-state index in [1.807, 2.05) is 24.4 Å². The molecule has 22 heavy (non-hydrogen) atoms. The topological polar surface area (TPSA) is 46.9 Å². The van der Waals surface area contributed by atoms with E-state index in [1.165, 1.54) is 10.9 Å². The first-order chi connectivity index (χ1) is 10.5. The van der Waals surface area contributed by atoms with Gasteiger partial charge in [-0.2, -0.15) is 0 Å². The van der Waals surface area contributed by atoms with Gasteiger partial charge in [-0.25, -0.2) is 13.8 Å². The molecule has 0 saturated heterocycles. The van der Waals surface area contributed by atoms with Crippen molar-refractivity contribution in [3.8, 4) is 0 Å². The van der Waals surface area contributed by atoms with Gasteiger partial charge >= 0.3 is 0 Å². The number of imidazole rings is 1. The molecular weight excluding hydrogens is 308 g/mol. The van der Waals surface area contributed by atoms with E-state index < -0.39 is 11.6 Å². The molecule has 0 fully saturated rings. The Hall–Kier alpha value is -2.28. The van der Waals surface area contributed by atoms with Gasteiger partial charge in [0.1, 0.15) is 6.54 Å². The lowest BCUT2D eigenvalue weighted by Gasteiger charge is -2.12. The van der Waals surface area contributed by atoms with Crippen LogP contribution in [0.1, 0.15) is 17.8 Å². The molecule has 1 amide bonds. The number of aromatic nitrogens is 2. The molecule has 0 radical (unpaired) electrons. The summed E-state index contributed by atoms with van der Waals surface area (Å²) in [5, 5.41) is 4.81. The lowest BCUT2D eigenvalue weighted by Crippen LogP contribution is -2.29. The van der Waals surface area contributed by atoms with Crippen molar-refractivity contribution < 1.29 is 13.6 Å². The van der Waals surface area contributed by atoms with E-state index in [0.29, 0.717) is 11.0 Å². The van der Waals surface area contributed by atoms with E-state index in [0.717, 1.165) is 17.0 Å². The summed E-state index contributed by atoms with van der Waals surface area (Å²) < 4.78 is 28.0. The summed E-state index contributed by atoms with van der Waals surface area (Å²) in [6.07, 6.45) is 1.40. The lowest BCUT2D eigenvalue weighted by molar-refractivity contribution is -0.122. The number of benzene rings is 1. The fraction of sp³-hybridized carbons (Fsp3) is 0.200. The number of amides is 1. The van der Waals surface area contributed by atoms with Crippen molar-refractivity contribution >= 4 is 28.3 Å². The number of carbonyl (C=O) groups is 1. The van der Waals surface area contributed by atoms with Gasteiger partial charge in [0.25, 0.3) is 0 Å². The predicted molar refractivity (Wildman–Crippen MR) is 80.5 cm³/mol. The molecule has 0 aliphatic heterocycles. The summed E-state index contributed by atoms with van der Waals surface area (Å²) in [5.74, 6) is -2.12. The van der Waals surface area contributed by atoms with Crippen LogP contribution in [0.5, 0.6) is 0 Å². The van der Waals surface area contributed by atoms with Crippen LogP contribution in [0.3, 0.4) is 0 Å². The minimum Gasteiger partial charge on any atom is -0.347 e. The Morgan fingerprint density at radius 2 is 2.18 bits per heavy atom. The Morgan fingerprint density at radius 3 is 2.91 bits per heavy atom. The molecule has 0 saturated carbocycles. The molecule has 0 spiro atoms. The molecule has 0 aliphatic rings. The van der Waals surface area contributed by atoms with Crippen LogP contribution in [-0.2, 0) is 11.3 Å². The molecule has 4 nitrogen and oxygen atoms in total. The number of halogens is 2. The second-order valence-corrected chi connectivity index (χ2v) is 5.91. The maximum atomic E-state index is 13.3. The molecule has 0 bridgehead atoms.